The molecule has 1 aromatic heterocycles. The molecular weight excluding hydrogens is 222 g/mol. The summed E-state index contributed by atoms with van der Waals surface area (Å²) in [6.07, 6.45) is 0.561. The molecule has 0 fully saturated rings. The first-order valence-electron chi connectivity index (χ1n) is 5.07. The number of carbonyl (C=O) groups is 2. The number of hydrogen-bond donors (Lipinski definition) is 3. The van der Waals surface area contributed by atoms with Gasteiger partial charge in [-0.05, 0) is 6.07 Å². The van der Waals surface area contributed by atoms with Gasteiger partial charge in [-0.1, -0.05) is 18.2 Å². The summed E-state index contributed by atoms with van der Waals surface area (Å²) in [5, 5.41) is 18.9. The number of fused-ring (bicyclic) bond motifs is 1. The molecule has 17 heavy (non-hydrogen) atoms. The number of rotatable bonds is 5. The molecule has 0 aliphatic heterocycles. The van der Waals surface area contributed by atoms with E-state index >= 15 is 0 Å². The van der Waals surface area contributed by atoms with Crippen LogP contribution in [-0.2, 0) is 16.0 Å². The van der Waals surface area contributed by atoms with Crippen LogP contribution in [0.4, 0.5) is 0 Å². The molecule has 0 spiro atoms. The molecule has 0 aliphatic carbocycles. The third-order valence-corrected chi connectivity index (χ3v) is 2.52. The topological polar surface area (TPSA) is 95.1 Å². The quantitative estimate of drug-likeness (QED) is 0.647. The van der Waals surface area contributed by atoms with E-state index < -0.39 is 12.0 Å². The lowest BCUT2D eigenvalue weighted by Gasteiger charge is -2.09. The lowest BCUT2D eigenvalue weighted by Crippen LogP contribution is -2.37. The van der Waals surface area contributed by atoms with Gasteiger partial charge in [0, 0.05) is 17.5 Å². The predicted molar refractivity (Wildman–Crippen MR) is 60.4 cm³/mol. The van der Waals surface area contributed by atoms with E-state index in [2.05, 4.69) is 15.5 Å². The van der Waals surface area contributed by atoms with E-state index in [1.54, 1.807) is 0 Å². The molecule has 1 amide bonds. The van der Waals surface area contributed by atoms with E-state index in [1.807, 2.05) is 24.3 Å². The second-order valence-electron chi connectivity index (χ2n) is 3.60. The van der Waals surface area contributed by atoms with E-state index in [1.165, 1.54) is 0 Å². The van der Waals surface area contributed by atoms with Gasteiger partial charge < -0.3 is 10.4 Å². The van der Waals surface area contributed by atoms with Crippen molar-refractivity contribution in [2.24, 2.45) is 0 Å². The van der Waals surface area contributed by atoms with Crippen molar-refractivity contribution in [3.63, 3.8) is 0 Å². The number of hydrogen-bond acceptors (Lipinski definition) is 3. The van der Waals surface area contributed by atoms with Crippen LogP contribution in [-0.4, -0.2) is 33.7 Å². The van der Waals surface area contributed by atoms with E-state index in [0.717, 1.165) is 10.9 Å². The fourth-order valence-corrected chi connectivity index (χ4v) is 1.67. The van der Waals surface area contributed by atoms with Crippen molar-refractivity contribution in [1.29, 1.82) is 0 Å². The normalized spacial score (nSPS) is 12.2. The van der Waals surface area contributed by atoms with Gasteiger partial charge in [-0.3, -0.25) is 9.89 Å². The number of aliphatic carboxylic acids is 1. The number of aromatic amines is 1. The van der Waals surface area contributed by atoms with Crippen LogP contribution in [0.1, 0.15) is 5.69 Å². The third kappa shape index (κ3) is 2.25. The molecule has 6 heteroatoms. The molecule has 0 saturated carbocycles. The number of nitrogens with one attached hydrogen (secondary N) is 2. The molecular formula is C11H11N3O3. The van der Waals surface area contributed by atoms with Gasteiger partial charge in [-0.25, -0.2) is 4.79 Å². The molecule has 0 saturated heterocycles. The Morgan fingerprint density at radius 2 is 2.29 bits per heavy atom. The number of nitrogens with zero attached hydrogens (tertiary/aromatic N) is 1. The number of carboxylic acid groups (broad SMARTS) is 1. The molecule has 2 rings (SSSR count). The molecule has 0 radical (unpaired) electrons. The van der Waals surface area contributed by atoms with E-state index in [-0.39, 0.29) is 6.42 Å². The average Bonchev–Trinajstić information content (AvgIpc) is 2.72. The molecule has 3 N–H and O–H groups in total. The van der Waals surface area contributed by atoms with Crippen LogP contribution in [0.25, 0.3) is 10.9 Å². The Morgan fingerprint density at radius 1 is 1.53 bits per heavy atom. The summed E-state index contributed by atoms with van der Waals surface area (Å²) in [5.41, 5.74) is 1.47. The Morgan fingerprint density at radius 3 is 3.00 bits per heavy atom. The zero-order chi connectivity index (χ0) is 12.3. The largest absolute Gasteiger partial charge is 0.480 e. The van der Waals surface area contributed by atoms with Gasteiger partial charge in [0.05, 0.1) is 5.52 Å². The van der Waals surface area contributed by atoms with Gasteiger partial charge in [-0.2, -0.15) is 5.10 Å². The molecule has 0 bridgehead atoms. The lowest BCUT2D eigenvalue weighted by atomic mass is 10.1. The van der Waals surface area contributed by atoms with Crippen LogP contribution in [0.15, 0.2) is 24.3 Å². The predicted octanol–water partition coefficient (Wildman–Crippen LogP) is 0.305. The monoisotopic (exact) mass is 233 g/mol. The highest BCUT2D eigenvalue weighted by molar-refractivity contribution is 5.83. The summed E-state index contributed by atoms with van der Waals surface area (Å²) < 4.78 is 0. The number of H-pyrrole nitrogens is 1. The first-order chi connectivity index (χ1) is 8.22. The Hall–Kier alpha value is -2.37. The minimum atomic E-state index is -1.07. The number of para-hydroxylation sites is 1. The van der Waals surface area contributed by atoms with E-state index in [9.17, 15) is 9.59 Å². The second kappa shape index (κ2) is 4.65. The molecule has 0 unspecified atom stereocenters. The summed E-state index contributed by atoms with van der Waals surface area (Å²) in [6.45, 7) is 0. The van der Waals surface area contributed by atoms with Crippen molar-refractivity contribution in [3.05, 3.63) is 30.0 Å². The van der Waals surface area contributed by atoms with Crippen molar-refractivity contribution in [2.45, 2.75) is 12.5 Å². The van der Waals surface area contributed by atoms with Gasteiger partial charge in [0.15, 0.2) is 0 Å². The molecule has 1 aromatic carbocycles. The minimum Gasteiger partial charge on any atom is -0.480 e. The van der Waals surface area contributed by atoms with Crippen molar-refractivity contribution >= 4 is 23.3 Å². The average molecular weight is 233 g/mol. The Labute approximate surface area is 96.6 Å². The molecule has 1 heterocycles. The Balaban J connectivity index is 2.28. The Bertz CT molecular complexity index is 550. The van der Waals surface area contributed by atoms with Crippen LogP contribution in [0.2, 0.25) is 0 Å². The number of carbonyl (C=O) groups excluding carboxylic acids is 1. The van der Waals surface area contributed by atoms with E-state index in [0.29, 0.717) is 12.1 Å². The maximum Gasteiger partial charge on any atom is 0.326 e. The molecule has 1 atom stereocenters. The van der Waals surface area contributed by atoms with Gasteiger partial charge in [0.25, 0.3) is 0 Å². The van der Waals surface area contributed by atoms with Crippen LogP contribution in [0, 0.1) is 0 Å². The smallest absolute Gasteiger partial charge is 0.326 e. The number of aromatic nitrogens is 2. The first kappa shape index (κ1) is 11.1. The highest BCUT2D eigenvalue weighted by Gasteiger charge is 2.19. The van der Waals surface area contributed by atoms with Gasteiger partial charge in [0.2, 0.25) is 6.41 Å². The summed E-state index contributed by atoms with van der Waals surface area (Å²) in [6, 6.07) is 6.44. The third-order valence-electron chi connectivity index (χ3n) is 2.52. The molecule has 88 valence electrons. The van der Waals surface area contributed by atoms with Crippen LogP contribution >= 0.6 is 0 Å². The fraction of sp³-hybridized carbons (Fsp3) is 0.182. The minimum absolute atomic E-state index is 0.175. The maximum absolute atomic E-state index is 10.9. The highest BCUT2D eigenvalue weighted by Crippen LogP contribution is 2.16. The molecule has 6 nitrogen and oxygen atoms in total. The number of amides is 1. The Kier molecular flexibility index (Phi) is 3.04. The fourth-order valence-electron chi connectivity index (χ4n) is 1.67. The lowest BCUT2D eigenvalue weighted by molar-refractivity contribution is -0.140. The van der Waals surface area contributed by atoms with E-state index in [4.69, 9.17) is 5.11 Å². The van der Waals surface area contributed by atoms with Crippen molar-refractivity contribution in [1.82, 2.24) is 15.5 Å². The van der Waals surface area contributed by atoms with Crippen LogP contribution in [0.5, 0.6) is 0 Å². The van der Waals surface area contributed by atoms with Gasteiger partial charge in [0.1, 0.15) is 6.04 Å². The SMILES string of the molecule is O=CN[C@@H](Cc1[nH]nc2ccccc12)C(=O)O. The summed E-state index contributed by atoms with van der Waals surface area (Å²) in [7, 11) is 0. The number of carboxylic acids is 1. The van der Waals surface area contributed by atoms with Crippen molar-refractivity contribution in [2.75, 3.05) is 0 Å². The summed E-state index contributed by atoms with van der Waals surface area (Å²) in [5.74, 6) is -1.07. The first-order valence-corrected chi connectivity index (χ1v) is 5.07. The molecule has 2 aromatic rings. The maximum atomic E-state index is 10.9. The standard InChI is InChI=1S/C11H11N3O3/c15-6-12-10(11(16)17)5-9-7-3-1-2-4-8(7)13-14-9/h1-4,6,10H,5H2,(H,12,15)(H,13,14)(H,16,17)/t10-/m0/s1. The summed E-state index contributed by atoms with van der Waals surface area (Å²) >= 11 is 0. The van der Waals surface area contributed by atoms with Gasteiger partial charge >= 0.3 is 5.97 Å². The van der Waals surface area contributed by atoms with Gasteiger partial charge in [-0.15, -0.1) is 0 Å². The van der Waals surface area contributed by atoms with Crippen LogP contribution < -0.4 is 5.32 Å². The zero-order valence-electron chi connectivity index (χ0n) is 8.88. The second-order valence-corrected chi connectivity index (χ2v) is 3.60. The van der Waals surface area contributed by atoms with Crippen molar-refractivity contribution < 1.29 is 14.7 Å². The molecule has 0 aliphatic rings. The summed E-state index contributed by atoms with van der Waals surface area (Å²) in [4.78, 5) is 21.2. The number of benzene rings is 1. The van der Waals surface area contributed by atoms with Crippen molar-refractivity contribution in [3.8, 4) is 0 Å². The van der Waals surface area contributed by atoms with Crippen LogP contribution in [0.3, 0.4) is 0 Å². The highest BCUT2D eigenvalue weighted by atomic mass is 16.4. The zero-order valence-corrected chi connectivity index (χ0v) is 8.88.